The van der Waals surface area contributed by atoms with Crippen molar-refractivity contribution in [2.75, 3.05) is 12.3 Å². The Morgan fingerprint density at radius 1 is 1.29 bits per heavy atom. The fourth-order valence-corrected chi connectivity index (χ4v) is 3.99. The van der Waals surface area contributed by atoms with E-state index in [4.69, 9.17) is 5.73 Å². The number of rotatable bonds is 1. The van der Waals surface area contributed by atoms with Crippen LogP contribution in [0.5, 0.6) is 0 Å². The molecule has 1 saturated heterocycles. The zero-order valence-corrected chi connectivity index (χ0v) is 12.5. The van der Waals surface area contributed by atoms with Crippen molar-refractivity contribution in [2.45, 2.75) is 45.1 Å². The van der Waals surface area contributed by atoms with E-state index in [0.29, 0.717) is 23.4 Å². The first-order valence-corrected chi connectivity index (χ1v) is 7.94. The van der Waals surface area contributed by atoms with E-state index in [1.807, 2.05) is 4.90 Å². The van der Waals surface area contributed by atoms with Crippen molar-refractivity contribution in [1.82, 2.24) is 4.90 Å². The Balaban J connectivity index is 1.84. The Morgan fingerprint density at radius 2 is 2.05 bits per heavy atom. The van der Waals surface area contributed by atoms with Gasteiger partial charge in [-0.05, 0) is 49.3 Å². The van der Waals surface area contributed by atoms with Crippen LogP contribution in [0, 0.1) is 17.7 Å². The van der Waals surface area contributed by atoms with Gasteiger partial charge in [-0.2, -0.15) is 0 Å². The summed E-state index contributed by atoms with van der Waals surface area (Å²) in [7, 11) is 0. The molecule has 3 atom stereocenters. The van der Waals surface area contributed by atoms with E-state index < -0.39 is 5.82 Å². The third-order valence-corrected chi connectivity index (χ3v) is 5.25. The lowest BCUT2D eigenvalue weighted by molar-refractivity contribution is 0.0217. The summed E-state index contributed by atoms with van der Waals surface area (Å²) in [6.07, 6.45) is 5.80. The number of nitrogen functional groups attached to an aromatic ring is 1. The maximum absolute atomic E-state index is 13.6. The van der Waals surface area contributed by atoms with Crippen LogP contribution in [0.2, 0.25) is 0 Å². The first kappa shape index (κ1) is 14.4. The van der Waals surface area contributed by atoms with Crippen LogP contribution in [0.4, 0.5) is 10.1 Å². The van der Waals surface area contributed by atoms with Gasteiger partial charge in [0.25, 0.3) is 5.91 Å². The molecule has 0 radical (unpaired) electrons. The number of halogens is 1. The van der Waals surface area contributed by atoms with Crippen LogP contribution in [0.1, 0.15) is 49.4 Å². The highest BCUT2D eigenvalue weighted by Gasteiger charge is 2.39. The highest BCUT2D eigenvalue weighted by Crippen LogP contribution is 2.39. The number of hydrogen-bond donors (Lipinski definition) is 1. The second kappa shape index (κ2) is 5.66. The molecule has 1 aromatic carbocycles. The minimum Gasteiger partial charge on any atom is -0.396 e. The molecule has 1 amide bonds. The smallest absolute Gasteiger partial charge is 0.254 e. The van der Waals surface area contributed by atoms with Gasteiger partial charge in [0.15, 0.2) is 0 Å². The van der Waals surface area contributed by atoms with Gasteiger partial charge in [-0.25, -0.2) is 4.39 Å². The number of hydrogen-bond acceptors (Lipinski definition) is 2. The van der Waals surface area contributed by atoms with Gasteiger partial charge in [0.05, 0.1) is 5.69 Å². The molecule has 3 nitrogen and oxygen atoms in total. The van der Waals surface area contributed by atoms with E-state index in [1.165, 1.54) is 31.4 Å². The van der Waals surface area contributed by atoms with Crippen LogP contribution in [0.25, 0.3) is 0 Å². The minimum atomic E-state index is -0.508. The van der Waals surface area contributed by atoms with E-state index >= 15 is 0 Å². The molecule has 114 valence electrons. The molecule has 1 aliphatic heterocycles. The summed E-state index contributed by atoms with van der Waals surface area (Å²) in [5, 5.41) is 0. The van der Waals surface area contributed by atoms with Crippen LogP contribution in [-0.2, 0) is 0 Å². The number of carbonyl (C=O) groups is 1. The first-order chi connectivity index (χ1) is 10.1. The lowest BCUT2D eigenvalue weighted by Gasteiger charge is -2.47. The second-order valence-electron chi connectivity index (χ2n) is 6.52. The van der Waals surface area contributed by atoms with Gasteiger partial charge in [-0.15, -0.1) is 0 Å². The predicted molar refractivity (Wildman–Crippen MR) is 81.4 cm³/mol. The highest BCUT2D eigenvalue weighted by atomic mass is 19.1. The van der Waals surface area contributed by atoms with Crippen LogP contribution in [-0.4, -0.2) is 23.4 Å². The molecule has 0 bridgehead atoms. The fourth-order valence-electron chi connectivity index (χ4n) is 3.99. The zero-order valence-electron chi connectivity index (χ0n) is 12.5. The van der Waals surface area contributed by atoms with Crippen LogP contribution < -0.4 is 5.73 Å². The third kappa shape index (κ3) is 2.63. The molecule has 2 fully saturated rings. The average molecular weight is 290 g/mol. The molecule has 1 saturated carbocycles. The van der Waals surface area contributed by atoms with E-state index in [0.717, 1.165) is 19.4 Å². The summed E-state index contributed by atoms with van der Waals surface area (Å²) in [6, 6.07) is 4.72. The van der Waals surface area contributed by atoms with Gasteiger partial charge >= 0.3 is 0 Å². The van der Waals surface area contributed by atoms with Crippen molar-refractivity contribution in [3.05, 3.63) is 29.6 Å². The van der Waals surface area contributed by atoms with E-state index in [9.17, 15) is 9.18 Å². The number of carbonyl (C=O) groups excluding carboxylic acids is 1. The number of likely N-dealkylation sites (tertiary alicyclic amines) is 1. The summed E-state index contributed by atoms with van der Waals surface area (Å²) in [6.45, 7) is 3.08. The Kier molecular flexibility index (Phi) is 3.87. The summed E-state index contributed by atoms with van der Waals surface area (Å²) < 4.78 is 13.6. The van der Waals surface area contributed by atoms with Crippen molar-refractivity contribution in [3.8, 4) is 0 Å². The molecule has 3 rings (SSSR count). The van der Waals surface area contributed by atoms with E-state index in [1.54, 1.807) is 6.07 Å². The molecular weight excluding hydrogens is 267 g/mol. The Labute approximate surface area is 125 Å². The largest absolute Gasteiger partial charge is 0.396 e. The van der Waals surface area contributed by atoms with Crippen LogP contribution >= 0.6 is 0 Å². The van der Waals surface area contributed by atoms with Gasteiger partial charge in [-0.3, -0.25) is 4.79 Å². The maximum atomic E-state index is 13.6. The minimum absolute atomic E-state index is 0.0438. The molecule has 1 heterocycles. The number of nitrogens with two attached hydrogens (primary N) is 1. The number of benzene rings is 1. The number of amides is 1. The third-order valence-electron chi connectivity index (χ3n) is 5.25. The normalized spacial score (nSPS) is 29.0. The molecule has 4 heteroatoms. The summed E-state index contributed by atoms with van der Waals surface area (Å²) in [5.74, 6) is 0.738. The lowest BCUT2D eigenvalue weighted by Crippen LogP contribution is -2.52. The van der Waals surface area contributed by atoms with Gasteiger partial charge in [0.1, 0.15) is 5.82 Å². The van der Waals surface area contributed by atoms with Crippen molar-refractivity contribution >= 4 is 11.6 Å². The van der Waals surface area contributed by atoms with Crippen LogP contribution in [0.3, 0.4) is 0 Å². The highest BCUT2D eigenvalue weighted by molar-refractivity contribution is 5.95. The zero-order chi connectivity index (χ0) is 15.0. The summed E-state index contributed by atoms with van der Waals surface area (Å²) in [4.78, 5) is 14.7. The Bertz CT molecular complexity index is 546. The molecule has 21 heavy (non-hydrogen) atoms. The van der Waals surface area contributed by atoms with Gasteiger partial charge in [-0.1, -0.05) is 19.8 Å². The fraction of sp³-hybridized carbons (Fsp3) is 0.588. The van der Waals surface area contributed by atoms with Gasteiger partial charge in [0.2, 0.25) is 0 Å². The van der Waals surface area contributed by atoms with Crippen molar-refractivity contribution in [2.24, 2.45) is 11.8 Å². The molecule has 3 unspecified atom stereocenters. The number of piperidine rings is 1. The molecule has 1 aliphatic carbocycles. The number of anilines is 1. The monoisotopic (exact) mass is 290 g/mol. The molecule has 2 N–H and O–H groups in total. The lowest BCUT2D eigenvalue weighted by atomic mass is 9.72. The number of nitrogens with zero attached hydrogens (tertiary/aromatic N) is 1. The van der Waals surface area contributed by atoms with E-state index in [2.05, 4.69) is 6.92 Å². The topological polar surface area (TPSA) is 46.3 Å². The Hall–Kier alpha value is -1.58. The first-order valence-electron chi connectivity index (χ1n) is 7.94. The van der Waals surface area contributed by atoms with Gasteiger partial charge in [0, 0.05) is 18.2 Å². The van der Waals surface area contributed by atoms with E-state index in [-0.39, 0.29) is 11.6 Å². The molecular formula is C17H23FN2O. The average Bonchev–Trinajstić information content (AvgIpc) is 2.50. The second-order valence-corrected chi connectivity index (χ2v) is 6.52. The molecule has 2 aliphatic rings. The van der Waals surface area contributed by atoms with Crippen LogP contribution in [0.15, 0.2) is 18.2 Å². The summed E-state index contributed by atoms with van der Waals surface area (Å²) in [5.41, 5.74) is 6.00. The predicted octanol–water partition coefficient (Wildman–Crippen LogP) is 3.45. The molecule has 0 spiro atoms. The van der Waals surface area contributed by atoms with Crippen molar-refractivity contribution in [3.63, 3.8) is 0 Å². The molecule has 1 aromatic rings. The molecule has 0 aromatic heterocycles. The quantitative estimate of drug-likeness (QED) is 0.805. The van der Waals surface area contributed by atoms with Crippen molar-refractivity contribution < 1.29 is 9.18 Å². The van der Waals surface area contributed by atoms with Gasteiger partial charge < -0.3 is 10.6 Å². The summed E-state index contributed by atoms with van der Waals surface area (Å²) >= 11 is 0. The maximum Gasteiger partial charge on any atom is 0.254 e. The Morgan fingerprint density at radius 3 is 2.81 bits per heavy atom. The standard InChI is InChI=1S/C17H23FN2O/c1-11-8-9-20(16-5-3-2-4-13(11)16)17(21)12-6-7-15(19)14(18)10-12/h6-7,10-11,13,16H,2-5,8-9,19H2,1H3. The van der Waals surface area contributed by atoms with Crippen molar-refractivity contribution in [1.29, 1.82) is 0 Å². The number of fused-ring (bicyclic) bond motifs is 1. The SMILES string of the molecule is CC1CCN(C(=O)c2ccc(N)c(F)c2)C2CCCCC12.